The maximum Gasteiger partial charge on any atom is 0.419 e. The van der Waals surface area contributed by atoms with Gasteiger partial charge in [-0.2, -0.15) is 13.2 Å². The van der Waals surface area contributed by atoms with Crippen LogP contribution in [0, 0.1) is 11.7 Å². The van der Waals surface area contributed by atoms with E-state index in [2.05, 4.69) is 12.2 Å². The molecule has 0 saturated heterocycles. The summed E-state index contributed by atoms with van der Waals surface area (Å²) in [6, 6.07) is 2.22. The summed E-state index contributed by atoms with van der Waals surface area (Å²) in [5, 5.41) is 2.66. The lowest BCUT2D eigenvalue weighted by molar-refractivity contribution is -0.140. The van der Waals surface area contributed by atoms with Gasteiger partial charge in [0, 0.05) is 12.1 Å². The summed E-state index contributed by atoms with van der Waals surface area (Å²) in [4.78, 5) is 11.9. The van der Waals surface area contributed by atoms with E-state index < -0.39 is 23.5 Å². The monoisotopic (exact) mass is 319 g/mol. The molecule has 1 rings (SSSR count). The van der Waals surface area contributed by atoms with Crippen LogP contribution in [0.3, 0.4) is 0 Å². The summed E-state index contributed by atoms with van der Waals surface area (Å²) in [7, 11) is 0. The SMILES string of the molecule is CCCCC(CC)CNC(=O)c1ccc(C(F)(F)F)c(F)c1. The molecule has 0 radical (unpaired) electrons. The molecule has 1 unspecified atom stereocenters. The van der Waals surface area contributed by atoms with Gasteiger partial charge >= 0.3 is 6.18 Å². The molecular weight excluding hydrogens is 298 g/mol. The van der Waals surface area contributed by atoms with E-state index in [9.17, 15) is 22.4 Å². The van der Waals surface area contributed by atoms with Gasteiger partial charge in [0.25, 0.3) is 5.91 Å². The minimum Gasteiger partial charge on any atom is -0.352 e. The van der Waals surface area contributed by atoms with Crippen molar-refractivity contribution in [3.8, 4) is 0 Å². The topological polar surface area (TPSA) is 29.1 Å². The Labute approximate surface area is 127 Å². The van der Waals surface area contributed by atoms with Crippen LogP contribution in [0.1, 0.15) is 55.5 Å². The van der Waals surface area contributed by atoms with Crippen molar-refractivity contribution >= 4 is 5.91 Å². The lowest BCUT2D eigenvalue weighted by Crippen LogP contribution is -2.29. The highest BCUT2D eigenvalue weighted by atomic mass is 19.4. The molecule has 1 N–H and O–H groups in total. The number of rotatable bonds is 7. The quantitative estimate of drug-likeness (QED) is 0.719. The highest BCUT2D eigenvalue weighted by molar-refractivity contribution is 5.94. The first-order chi connectivity index (χ1) is 10.3. The molecule has 0 aromatic heterocycles. The molecule has 0 bridgehead atoms. The second-order valence-electron chi connectivity index (χ2n) is 5.32. The smallest absolute Gasteiger partial charge is 0.352 e. The molecule has 6 heteroatoms. The van der Waals surface area contributed by atoms with Crippen molar-refractivity contribution in [2.75, 3.05) is 6.54 Å². The molecule has 0 aliphatic rings. The molecule has 0 heterocycles. The van der Waals surface area contributed by atoms with Crippen molar-refractivity contribution in [1.29, 1.82) is 0 Å². The van der Waals surface area contributed by atoms with E-state index in [-0.39, 0.29) is 5.56 Å². The Morgan fingerprint density at radius 2 is 1.95 bits per heavy atom. The number of nitrogens with one attached hydrogen (secondary N) is 1. The zero-order valence-corrected chi connectivity index (χ0v) is 12.8. The number of halogens is 4. The summed E-state index contributed by atoms with van der Waals surface area (Å²) >= 11 is 0. The molecule has 0 spiro atoms. The van der Waals surface area contributed by atoms with E-state index in [1.165, 1.54) is 0 Å². The van der Waals surface area contributed by atoms with Crippen LogP contribution in [0.2, 0.25) is 0 Å². The molecule has 0 aliphatic heterocycles. The number of amides is 1. The lowest BCUT2D eigenvalue weighted by Gasteiger charge is -2.15. The standard InChI is InChI=1S/C16H21F4NO/c1-3-5-6-11(4-2)10-21-15(22)12-7-8-13(14(17)9-12)16(18,19)20/h7-9,11H,3-6,10H2,1-2H3,(H,21,22). The first-order valence-corrected chi connectivity index (χ1v) is 7.44. The van der Waals surface area contributed by atoms with Crippen LogP contribution in [0.25, 0.3) is 0 Å². The number of alkyl halides is 3. The van der Waals surface area contributed by atoms with Crippen LogP contribution in [0.15, 0.2) is 18.2 Å². The Morgan fingerprint density at radius 3 is 2.45 bits per heavy atom. The number of carbonyl (C=O) groups excluding carboxylic acids is 1. The first kappa shape index (κ1) is 18.5. The number of hydrogen-bond acceptors (Lipinski definition) is 1. The van der Waals surface area contributed by atoms with Crippen LogP contribution >= 0.6 is 0 Å². The normalized spacial score (nSPS) is 13.0. The molecule has 1 atom stereocenters. The summed E-state index contributed by atoms with van der Waals surface area (Å²) in [6.45, 7) is 4.54. The second kappa shape index (κ2) is 8.15. The van der Waals surface area contributed by atoms with Gasteiger partial charge in [-0.25, -0.2) is 4.39 Å². The molecule has 0 fully saturated rings. The lowest BCUT2D eigenvalue weighted by atomic mass is 9.99. The fourth-order valence-corrected chi connectivity index (χ4v) is 2.17. The Hall–Kier alpha value is -1.59. The number of unbranched alkanes of at least 4 members (excludes halogenated alkanes) is 1. The van der Waals surface area contributed by atoms with Crippen molar-refractivity contribution in [3.05, 3.63) is 35.1 Å². The van der Waals surface area contributed by atoms with Gasteiger partial charge in [0.1, 0.15) is 5.82 Å². The maximum atomic E-state index is 13.4. The Kier molecular flexibility index (Phi) is 6.84. The second-order valence-corrected chi connectivity index (χ2v) is 5.32. The van der Waals surface area contributed by atoms with Crippen molar-refractivity contribution < 1.29 is 22.4 Å². The molecular formula is C16H21F4NO. The largest absolute Gasteiger partial charge is 0.419 e. The molecule has 1 amide bonds. The van der Waals surface area contributed by atoms with Crippen molar-refractivity contribution in [1.82, 2.24) is 5.32 Å². The van der Waals surface area contributed by atoms with Crippen LogP contribution < -0.4 is 5.32 Å². The van der Waals surface area contributed by atoms with Gasteiger partial charge in [-0.15, -0.1) is 0 Å². The van der Waals surface area contributed by atoms with Gasteiger partial charge in [-0.3, -0.25) is 4.79 Å². The zero-order chi connectivity index (χ0) is 16.8. The minimum absolute atomic E-state index is 0.101. The fraction of sp³-hybridized carbons (Fsp3) is 0.562. The number of hydrogen-bond donors (Lipinski definition) is 1. The predicted octanol–water partition coefficient (Wildman–Crippen LogP) is 4.79. The average Bonchev–Trinajstić information content (AvgIpc) is 2.45. The summed E-state index contributed by atoms with van der Waals surface area (Å²) in [5.74, 6) is -1.66. The van der Waals surface area contributed by atoms with Crippen molar-refractivity contribution in [2.24, 2.45) is 5.92 Å². The summed E-state index contributed by atoms with van der Waals surface area (Å²) in [6.07, 6.45) is -0.749. The van der Waals surface area contributed by atoms with Crippen LogP contribution in [-0.4, -0.2) is 12.5 Å². The van der Waals surface area contributed by atoms with Crippen LogP contribution in [-0.2, 0) is 6.18 Å². The van der Waals surface area contributed by atoms with Gasteiger partial charge < -0.3 is 5.32 Å². The van der Waals surface area contributed by atoms with Gasteiger partial charge in [0.15, 0.2) is 0 Å². The van der Waals surface area contributed by atoms with Crippen LogP contribution in [0.4, 0.5) is 17.6 Å². The van der Waals surface area contributed by atoms with E-state index in [0.717, 1.165) is 31.7 Å². The number of carbonyl (C=O) groups is 1. The predicted molar refractivity (Wildman–Crippen MR) is 77.0 cm³/mol. The third-order valence-electron chi connectivity index (χ3n) is 3.63. The maximum absolute atomic E-state index is 13.4. The molecule has 1 aromatic rings. The minimum atomic E-state index is -4.76. The molecule has 0 aliphatic carbocycles. The third-order valence-corrected chi connectivity index (χ3v) is 3.63. The van der Waals surface area contributed by atoms with Crippen molar-refractivity contribution in [3.63, 3.8) is 0 Å². The first-order valence-electron chi connectivity index (χ1n) is 7.44. The van der Waals surface area contributed by atoms with E-state index in [1.54, 1.807) is 0 Å². The Morgan fingerprint density at radius 1 is 1.27 bits per heavy atom. The number of benzene rings is 1. The molecule has 22 heavy (non-hydrogen) atoms. The fourth-order valence-electron chi connectivity index (χ4n) is 2.17. The Balaban J connectivity index is 2.68. The van der Waals surface area contributed by atoms with Gasteiger partial charge in [-0.05, 0) is 30.5 Å². The third kappa shape index (κ3) is 5.31. The van der Waals surface area contributed by atoms with Crippen molar-refractivity contribution in [2.45, 2.75) is 45.7 Å². The highest BCUT2D eigenvalue weighted by Gasteiger charge is 2.34. The highest BCUT2D eigenvalue weighted by Crippen LogP contribution is 2.31. The molecule has 124 valence electrons. The van der Waals surface area contributed by atoms with Gasteiger partial charge in [-0.1, -0.05) is 33.1 Å². The van der Waals surface area contributed by atoms with Crippen LogP contribution in [0.5, 0.6) is 0 Å². The van der Waals surface area contributed by atoms with E-state index in [1.807, 2.05) is 6.92 Å². The van der Waals surface area contributed by atoms with Gasteiger partial charge in [0.2, 0.25) is 0 Å². The average molecular weight is 319 g/mol. The van der Waals surface area contributed by atoms with Gasteiger partial charge in [0.05, 0.1) is 5.56 Å². The Bertz CT molecular complexity index is 499. The summed E-state index contributed by atoms with van der Waals surface area (Å²) in [5.41, 5.74) is -1.46. The molecule has 2 nitrogen and oxygen atoms in total. The molecule has 1 aromatic carbocycles. The molecule has 0 saturated carbocycles. The van der Waals surface area contributed by atoms with E-state index in [0.29, 0.717) is 24.6 Å². The van der Waals surface area contributed by atoms with E-state index in [4.69, 9.17) is 0 Å². The zero-order valence-electron chi connectivity index (χ0n) is 12.8. The van der Waals surface area contributed by atoms with E-state index >= 15 is 0 Å². The summed E-state index contributed by atoms with van der Waals surface area (Å²) < 4.78 is 50.8.